The first-order chi connectivity index (χ1) is 17.4. The number of carbonyl (C=O) groups is 1. The highest BCUT2D eigenvalue weighted by atomic mass is 32.2. The van der Waals surface area contributed by atoms with Gasteiger partial charge in [0.15, 0.2) is 0 Å². The van der Waals surface area contributed by atoms with Crippen molar-refractivity contribution < 1.29 is 28.5 Å². The highest BCUT2D eigenvalue weighted by molar-refractivity contribution is 7.99. The Bertz CT molecular complexity index is 1210. The van der Waals surface area contributed by atoms with E-state index in [9.17, 15) is 23.8 Å². The number of carboxylic acid groups (broad SMARTS) is 1. The second-order valence-corrected chi connectivity index (χ2v) is 10.3. The van der Waals surface area contributed by atoms with Crippen molar-refractivity contribution in [2.24, 2.45) is 11.8 Å². The summed E-state index contributed by atoms with van der Waals surface area (Å²) in [6, 6.07) is 11.5. The maximum absolute atomic E-state index is 14.7. The summed E-state index contributed by atoms with van der Waals surface area (Å²) in [6.07, 6.45) is 1.42. The number of hydrogen-bond donors (Lipinski definition) is 2. The zero-order valence-electron chi connectivity index (χ0n) is 20.1. The number of carboxylic acids is 1. The molecule has 0 saturated carbocycles. The largest absolute Gasteiger partial charge is 0.497 e. The van der Waals surface area contributed by atoms with E-state index in [2.05, 4.69) is 9.88 Å². The van der Waals surface area contributed by atoms with Crippen molar-refractivity contribution in [2.75, 3.05) is 32.5 Å². The number of aliphatic carboxylic acids is 1. The molecule has 2 heterocycles. The van der Waals surface area contributed by atoms with Crippen LogP contribution in [0.5, 0.6) is 5.75 Å². The van der Waals surface area contributed by atoms with Crippen LogP contribution in [0.3, 0.4) is 0 Å². The quantitative estimate of drug-likeness (QED) is 0.361. The van der Waals surface area contributed by atoms with Crippen LogP contribution in [0.25, 0.3) is 10.9 Å². The lowest BCUT2D eigenvalue weighted by Gasteiger charge is -2.37. The summed E-state index contributed by atoms with van der Waals surface area (Å²) in [5.41, 5.74) is 0.719. The third-order valence-electron chi connectivity index (χ3n) is 6.84. The first kappa shape index (κ1) is 26.3. The van der Waals surface area contributed by atoms with Gasteiger partial charge in [-0.15, -0.1) is 11.8 Å². The monoisotopic (exact) mass is 516 g/mol. The average Bonchev–Trinajstić information content (AvgIpc) is 2.87. The molecular formula is C27H30F2N2O4S. The van der Waals surface area contributed by atoms with Gasteiger partial charge in [0.2, 0.25) is 0 Å². The van der Waals surface area contributed by atoms with Crippen LogP contribution >= 0.6 is 11.8 Å². The van der Waals surface area contributed by atoms with Gasteiger partial charge >= 0.3 is 5.97 Å². The van der Waals surface area contributed by atoms with E-state index in [0.717, 1.165) is 23.4 Å². The fourth-order valence-electron chi connectivity index (χ4n) is 4.90. The fourth-order valence-corrected chi connectivity index (χ4v) is 5.85. The smallest absolute Gasteiger partial charge is 0.308 e. The Hall–Kier alpha value is -2.75. The molecule has 4 rings (SSSR count). The van der Waals surface area contributed by atoms with E-state index >= 15 is 0 Å². The number of likely N-dealkylation sites (tertiary alicyclic amines) is 1. The number of piperidine rings is 1. The number of nitrogens with zero attached hydrogens (tertiary/aromatic N) is 2. The molecule has 9 heteroatoms. The number of thioether (sulfide) groups is 1. The molecule has 0 bridgehead atoms. The van der Waals surface area contributed by atoms with Crippen molar-refractivity contribution in [1.29, 1.82) is 0 Å². The second kappa shape index (κ2) is 12.0. The predicted octanol–water partition coefficient (Wildman–Crippen LogP) is 5.15. The summed E-state index contributed by atoms with van der Waals surface area (Å²) >= 11 is 1.54. The van der Waals surface area contributed by atoms with Gasteiger partial charge in [0.1, 0.15) is 17.4 Å². The minimum atomic E-state index is -1.09. The van der Waals surface area contributed by atoms with E-state index in [0.29, 0.717) is 42.6 Å². The number of hydrogen-bond acceptors (Lipinski definition) is 6. The molecule has 1 fully saturated rings. The van der Waals surface area contributed by atoms with Crippen LogP contribution in [0.15, 0.2) is 53.6 Å². The Kier molecular flexibility index (Phi) is 8.77. The van der Waals surface area contributed by atoms with E-state index < -0.39 is 23.8 Å². The normalized spacial score (nSPS) is 19.3. The van der Waals surface area contributed by atoms with Crippen molar-refractivity contribution >= 4 is 28.6 Å². The number of rotatable bonds is 10. The van der Waals surface area contributed by atoms with Crippen LogP contribution < -0.4 is 4.74 Å². The number of aliphatic hydroxyl groups excluding tert-OH is 1. The summed E-state index contributed by atoms with van der Waals surface area (Å²) < 4.78 is 33.3. The lowest BCUT2D eigenvalue weighted by molar-refractivity contribution is -0.146. The molecular weight excluding hydrogens is 486 g/mol. The molecule has 0 amide bonds. The van der Waals surface area contributed by atoms with E-state index in [1.165, 1.54) is 19.2 Å². The van der Waals surface area contributed by atoms with Crippen molar-refractivity contribution in [1.82, 2.24) is 9.88 Å². The Balaban J connectivity index is 1.36. The molecule has 1 aliphatic heterocycles. The number of pyridine rings is 1. The first-order valence-electron chi connectivity index (χ1n) is 12.0. The Morgan fingerprint density at radius 1 is 1.28 bits per heavy atom. The van der Waals surface area contributed by atoms with Gasteiger partial charge in [-0.25, -0.2) is 8.78 Å². The third-order valence-corrected chi connectivity index (χ3v) is 7.82. The average molecular weight is 517 g/mol. The molecule has 6 nitrogen and oxygen atoms in total. The van der Waals surface area contributed by atoms with E-state index in [1.54, 1.807) is 36.0 Å². The maximum atomic E-state index is 14.7. The molecule has 1 saturated heterocycles. The molecule has 1 aliphatic rings. The second-order valence-electron chi connectivity index (χ2n) is 9.10. The van der Waals surface area contributed by atoms with Gasteiger partial charge in [0, 0.05) is 34.7 Å². The van der Waals surface area contributed by atoms with E-state index in [-0.39, 0.29) is 23.7 Å². The summed E-state index contributed by atoms with van der Waals surface area (Å²) in [7, 11) is 1.52. The van der Waals surface area contributed by atoms with Crippen molar-refractivity contribution in [3.8, 4) is 5.75 Å². The molecule has 3 unspecified atom stereocenters. The summed E-state index contributed by atoms with van der Waals surface area (Å²) in [6.45, 7) is 1.87. The number of methoxy groups -OCH3 is 1. The molecule has 0 spiro atoms. The summed E-state index contributed by atoms with van der Waals surface area (Å²) in [4.78, 5) is 19.1. The lowest BCUT2D eigenvalue weighted by atomic mass is 9.81. The van der Waals surface area contributed by atoms with Gasteiger partial charge in [0.05, 0.1) is 30.8 Å². The van der Waals surface area contributed by atoms with Crippen LogP contribution in [0.2, 0.25) is 0 Å². The topological polar surface area (TPSA) is 82.9 Å². The molecule has 0 aliphatic carbocycles. The Morgan fingerprint density at radius 2 is 2.11 bits per heavy atom. The molecule has 3 atom stereocenters. The van der Waals surface area contributed by atoms with Gasteiger partial charge in [-0.2, -0.15) is 0 Å². The first-order valence-corrected chi connectivity index (χ1v) is 13.0. The predicted molar refractivity (Wildman–Crippen MR) is 135 cm³/mol. The molecule has 192 valence electrons. The Labute approximate surface area is 213 Å². The van der Waals surface area contributed by atoms with Gasteiger partial charge in [-0.05, 0) is 68.1 Å². The molecule has 3 aromatic rings. The molecule has 1 aromatic heterocycles. The maximum Gasteiger partial charge on any atom is 0.308 e. The highest BCUT2D eigenvalue weighted by Gasteiger charge is 2.34. The highest BCUT2D eigenvalue weighted by Crippen LogP contribution is 2.35. The van der Waals surface area contributed by atoms with Crippen molar-refractivity contribution in [2.45, 2.75) is 30.3 Å². The van der Waals surface area contributed by atoms with E-state index in [4.69, 9.17) is 4.74 Å². The van der Waals surface area contributed by atoms with Crippen LogP contribution in [0.1, 0.15) is 30.9 Å². The van der Waals surface area contributed by atoms with Crippen LogP contribution in [-0.2, 0) is 4.79 Å². The fraction of sp³-hybridized carbons (Fsp3) is 0.407. The molecule has 2 aromatic carbocycles. The zero-order valence-corrected chi connectivity index (χ0v) is 20.9. The van der Waals surface area contributed by atoms with Crippen molar-refractivity contribution in [3.63, 3.8) is 0 Å². The molecule has 36 heavy (non-hydrogen) atoms. The standard InChI is InChI=1S/C27H30F2N2O4S/c1-35-19-6-7-24-21(14-19)26(23(29)15-30-24)25(32)8-5-17-9-10-31(16-22(17)27(33)34)11-12-36-20-4-2-3-18(28)13-20/h2-4,6-7,13-15,17,22,25,32H,5,8-12,16H2,1H3,(H,33,34). The van der Waals surface area contributed by atoms with Crippen LogP contribution in [-0.4, -0.2) is 58.6 Å². The van der Waals surface area contributed by atoms with Gasteiger partial charge in [0.25, 0.3) is 0 Å². The number of ether oxygens (including phenoxy) is 1. The minimum absolute atomic E-state index is 0.116. The van der Waals surface area contributed by atoms with Gasteiger partial charge < -0.3 is 19.8 Å². The number of halogens is 2. The number of aliphatic hydroxyl groups is 1. The SMILES string of the molecule is COc1ccc2ncc(F)c(C(O)CCC3CCN(CCSc4cccc(F)c4)CC3C(=O)O)c2c1. The van der Waals surface area contributed by atoms with Gasteiger partial charge in [-0.3, -0.25) is 9.78 Å². The van der Waals surface area contributed by atoms with Crippen LogP contribution in [0, 0.1) is 23.5 Å². The lowest BCUT2D eigenvalue weighted by Crippen LogP contribution is -2.44. The third kappa shape index (κ3) is 6.32. The van der Waals surface area contributed by atoms with Gasteiger partial charge in [-0.1, -0.05) is 6.07 Å². The number of fused-ring (bicyclic) bond motifs is 1. The molecule has 0 radical (unpaired) electrons. The minimum Gasteiger partial charge on any atom is -0.497 e. The number of benzene rings is 2. The van der Waals surface area contributed by atoms with E-state index in [1.807, 2.05) is 6.07 Å². The number of aromatic nitrogens is 1. The van der Waals surface area contributed by atoms with Crippen LogP contribution in [0.4, 0.5) is 8.78 Å². The van der Waals surface area contributed by atoms with Crippen molar-refractivity contribution in [3.05, 3.63) is 65.9 Å². The Morgan fingerprint density at radius 3 is 2.86 bits per heavy atom. The summed E-state index contributed by atoms with van der Waals surface area (Å²) in [5.74, 6) is -1.13. The molecule has 2 N–H and O–H groups in total. The summed E-state index contributed by atoms with van der Waals surface area (Å²) in [5, 5.41) is 21.3. The zero-order chi connectivity index (χ0) is 25.7.